The van der Waals surface area contributed by atoms with E-state index in [-0.39, 0.29) is 18.2 Å². The first kappa shape index (κ1) is 13.5. The fourth-order valence-electron chi connectivity index (χ4n) is 0.977. The Morgan fingerprint density at radius 3 is 2.88 bits per heavy atom. The molecule has 0 spiro atoms. The molecule has 0 bridgehead atoms. The minimum Gasteiger partial charge on any atom is -0.481 e. The quantitative estimate of drug-likeness (QED) is 0.741. The topological polar surface area (TPSA) is 79.3 Å². The molecule has 0 radical (unpaired) electrons. The average molecular weight is 254 g/mol. The highest BCUT2D eigenvalue weighted by Crippen LogP contribution is 2.12. The van der Waals surface area contributed by atoms with Crippen LogP contribution in [0.1, 0.15) is 6.92 Å². The molecular formula is C11H14N2O3S. The summed E-state index contributed by atoms with van der Waals surface area (Å²) in [5.74, 6) is -1.43. The smallest absolute Gasteiger partial charge is 0.308 e. The van der Waals surface area contributed by atoms with Crippen molar-refractivity contribution in [3.63, 3.8) is 0 Å². The normalized spacial score (nSPS) is 11.8. The molecule has 0 aliphatic carbocycles. The van der Waals surface area contributed by atoms with Gasteiger partial charge in [-0.2, -0.15) is 0 Å². The Bertz CT molecular complexity index is 384. The number of carbonyl (C=O) groups excluding carboxylic acids is 1. The lowest BCUT2D eigenvalue weighted by Crippen LogP contribution is -2.32. The molecule has 0 aromatic carbocycles. The monoisotopic (exact) mass is 254 g/mol. The van der Waals surface area contributed by atoms with Gasteiger partial charge in [-0.1, -0.05) is 24.8 Å². The molecule has 17 heavy (non-hydrogen) atoms. The van der Waals surface area contributed by atoms with E-state index < -0.39 is 11.9 Å². The van der Waals surface area contributed by atoms with Gasteiger partial charge in [-0.25, -0.2) is 4.98 Å². The van der Waals surface area contributed by atoms with Gasteiger partial charge >= 0.3 is 5.97 Å². The Kier molecular flexibility index (Phi) is 5.48. The first-order valence-electron chi connectivity index (χ1n) is 5.13. The molecule has 5 nitrogen and oxygen atoms in total. The van der Waals surface area contributed by atoms with Gasteiger partial charge in [0.1, 0.15) is 0 Å². The number of carboxylic acids is 1. The number of nitrogens with zero attached hydrogens (tertiary/aromatic N) is 1. The molecule has 0 fully saturated rings. The molecule has 1 amide bonds. The molecular weight excluding hydrogens is 240 g/mol. The Morgan fingerprint density at radius 2 is 2.29 bits per heavy atom. The summed E-state index contributed by atoms with van der Waals surface area (Å²) in [5, 5.41) is 12.0. The summed E-state index contributed by atoms with van der Waals surface area (Å²) in [6, 6.07) is 5.47. The number of hydrogen-bond donors (Lipinski definition) is 2. The number of thioether (sulfide) groups is 1. The zero-order chi connectivity index (χ0) is 12.7. The molecule has 1 heterocycles. The van der Waals surface area contributed by atoms with Crippen molar-refractivity contribution in [3.8, 4) is 0 Å². The SMILES string of the molecule is CC(CNC(=O)CSc1ccccn1)C(=O)O. The van der Waals surface area contributed by atoms with Crippen molar-refractivity contribution < 1.29 is 14.7 Å². The number of aliphatic carboxylic acids is 1. The summed E-state index contributed by atoms with van der Waals surface area (Å²) in [4.78, 5) is 26.0. The summed E-state index contributed by atoms with van der Waals surface area (Å²) in [5.41, 5.74) is 0. The van der Waals surface area contributed by atoms with Gasteiger partial charge in [-0.05, 0) is 12.1 Å². The standard InChI is InChI=1S/C11H14N2O3S/c1-8(11(15)16)6-13-9(14)7-17-10-4-2-3-5-12-10/h2-5,8H,6-7H2,1H3,(H,13,14)(H,15,16). The number of carboxylic acid groups (broad SMARTS) is 1. The van der Waals surface area contributed by atoms with Crippen LogP contribution >= 0.6 is 11.8 Å². The highest BCUT2D eigenvalue weighted by Gasteiger charge is 2.12. The number of carbonyl (C=O) groups is 2. The third kappa shape index (κ3) is 5.35. The lowest BCUT2D eigenvalue weighted by molar-refractivity contribution is -0.141. The second-order valence-corrected chi connectivity index (χ2v) is 4.50. The lowest BCUT2D eigenvalue weighted by Gasteiger charge is -2.07. The number of nitrogens with one attached hydrogen (secondary N) is 1. The molecule has 0 aliphatic rings. The van der Waals surface area contributed by atoms with Gasteiger partial charge in [-0.3, -0.25) is 9.59 Å². The molecule has 0 saturated heterocycles. The highest BCUT2D eigenvalue weighted by molar-refractivity contribution is 7.99. The molecule has 1 unspecified atom stereocenters. The van der Waals surface area contributed by atoms with Crippen LogP contribution in [0.3, 0.4) is 0 Å². The first-order valence-corrected chi connectivity index (χ1v) is 6.11. The predicted octanol–water partition coefficient (Wildman–Crippen LogP) is 1.01. The third-order valence-electron chi connectivity index (χ3n) is 2.02. The van der Waals surface area contributed by atoms with Crippen LogP contribution in [0.25, 0.3) is 0 Å². The maximum absolute atomic E-state index is 11.4. The van der Waals surface area contributed by atoms with E-state index in [1.807, 2.05) is 12.1 Å². The molecule has 1 aromatic rings. The van der Waals surface area contributed by atoms with E-state index in [0.717, 1.165) is 5.03 Å². The molecule has 0 aliphatic heterocycles. The largest absolute Gasteiger partial charge is 0.481 e. The fraction of sp³-hybridized carbons (Fsp3) is 0.364. The van der Waals surface area contributed by atoms with Crippen LogP contribution in [0.2, 0.25) is 0 Å². The molecule has 2 N–H and O–H groups in total. The number of hydrogen-bond acceptors (Lipinski definition) is 4. The van der Waals surface area contributed by atoms with Crippen molar-refractivity contribution in [2.75, 3.05) is 12.3 Å². The van der Waals surface area contributed by atoms with Crippen molar-refractivity contribution in [1.29, 1.82) is 0 Å². The summed E-state index contributed by atoms with van der Waals surface area (Å²) in [6.07, 6.45) is 1.66. The van der Waals surface area contributed by atoms with E-state index in [9.17, 15) is 9.59 Å². The van der Waals surface area contributed by atoms with Crippen LogP contribution in [0.5, 0.6) is 0 Å². The van der Waals surface area contributed by atoms with E-state index in [1.165, 1.54) is 11.8 Å². The Labute approximate surface area is 104 Å². The van der Waals surface area contributed by atoms with E-state index in [2.05, 4.69) is 10.3 Å². The van der Waals surface area contributed by atoms with Gasteiger partial charge in [0.2, 0.25) is 5.91 Å². The molecule has 1 atom stereocenters. The third-order valence-corrected chi connectivity index (χ3v) is 2.96. The molecule has 1 aromatic heterocycles. The van der Waals surface area contributed by atoms with Gasteiger partial charge < -0.3 is 10.4 Å². The molecule has 1 rings (SSSR count). The summed E-state index contributed by atoms with van der Waals surface area (Å²) < 4.78 is 0. The number of amides is 1. The Balaban J connectivity index is 2.24. The Hall–Kier alpha value is -1.56. The zero-order valence-electron chi connectivity index (χ0n) is 9.42. The first-order chi connectivity index (χ1) is 8.09. The van der Waals surface area contributed by atoms with Crippen LogP contribution < -0.4 is 5.32 Å². The van der Waals surface area contributed by atoms with Crippen LogP contribution in [0.15, 0.2) is 29.4 Å². The van der Waals surface area contributed by atoms with E-state index in [0.29, 0.717) is 0 Å². The average Bonchev–Trinajstić information content (AvgIpc) is 2.34. The minimum atomic E-state index is -0.914. The lowest BCUT2D eigenvalue weighted by atomic mass is 10.2. The van der Waals surface area contributed by atoms with Gasteiger partial charge in [0.25, 0.3) is 0 Å². The van der Waals surface area contributed by atoms with Crippen LogP contribution in [-0.4, -0.2) is 34.3 Å². The van der Waals surface area contributed by atoms with E-state index >= 15 is 0 Å². The second kappa shape index (κ2) is 6.90. The van der Waals surface area contributed by atoms with Crippen molar-refractivity contribution in [2.45, 2.75) is 11.9 Å². The predicted molar refractivity (Wildman–Crippen MR) is 64.8 cm³/mol. The van der Waals surface area contributed by atoms with Crippen molar-refractivity contribution in [3.05, 3.63) is 24.4 Å². The summed E-state index contributed by atoms with van der Waals surface area (Å²) >= 11 is 1.32. The Morgan fingerprint density at radius 1 is 1.53 bits per heavy atom. The zero-order valence-corrected chi connectivity index (χ0v) is 10.2. The maximum atomic E-state index is 11.4. The number of rotatable bonds is 6. The summed E-state index contributed by atoms with van der Waals surface area (Å²) in [7, 11) is 0. The van der Waals surface area contributed by atoms with Crippen LogP contribution in [0, 0.1) is 5.92 Å². The van der Waals surface area contributed by atoms with Gasteiger partial charge in [0.05, 0.1) is 16.7 Å². The molecule has 0 saturated carbocycles. The van der Waals surface area contributed by atoms with Gasteiger partial charge in [0, 0.05) is 12.7 Å². The maximum Gasteiger partial charge on any atom is 0.308 e. The second-order valence-electron chi connectivity index (χ2n) is 3.50. The van der Waals surface area contributed by atoms with Gasteiger partial charge in [-0.15, -0.1) is 0 Å². The van der Waals surface area contributed by atoms with Crippen molar-refractivity contribution in [1.82, 2.24) is 10.3 Å². The van der Waals surface area contributed by atoms with Crippen LogP contribution in [-0.2, 0) is 9.59 Å². The molecule has 92 valence electrons. The van der Waals surface area contributed by atoms with Crippen LogP contribution in [0.4, 0.5) is 0 Å². The fourth-order valence-corrected chi connectivity index (χ4v) is 1.67. The van der Waals surface area contributed by atoms with Crippen molar-refractivity contribution >= 4 is 23.6 Å². The summed E-state index contributed by atoms with van der Waals surface area (Å²) in [6.45, 7) is 1.70. The number of pyridine rings is 1. The van der Waals surface area contributed by atoms with Crippen molar-refractivity contribution in [2.24, 2.45) is 5.92 Å². The van der Waals surface area contributed by atoms with E-state index in [1.54, 1.807) is 19.2 Å². The molecule has 6 heteroatoms. The number of aromatic nitrogens is 1. The van der Waals surface area contributed by atoms with Gasteiger partial charge in [0.15, 0.2) is 0 Å². The van der Waals surface area contributed by atoms with E-state index in [4.69, 9.17) is 5.11 Å². The minimum absolute atomic E-state index is 0.150. The highest BCUT2D eigenvalue weighted by atomic mass is 32.2.